The number of amides is 1. The zero-order valence-corrected chi connectivity index (χ0v) is 12.1. The Labute approximate surface area is 120 Å². The van der Waals surface area contributed by atoms with E-state index in [1.165, 1.54) is 0 Å². The molecule has 0 aromatic heterocycles. The van der Waals surface area contributed by atoms with Crippen molar-refractivity contribution in [2.45, 2.75) is 32.5 Å². The molecular weight excluding hydrogens is 293 g/mol. The lowest BCUT2D eigenvalue weighted by molar-refractivity contribution is -0.137. The van der Waals surface area contributed by atoms with Gasteiger partial charge in [-0.3, -0.25) is 4.79 Å². The minimum atomic E-state index is -4.46. The van der Waals surface area contributed by atoms with Crippen LogP contribution >= 0.6 is 11.6 Å². The third kappa shape index (κ3) is 5.38. The zero-order valence-electron chi connectivity index (χ0n) is 11.4. The summed E-state index contributed by atoms with van der Waals surface area (Å²) in [5.41, 5.74) is -0.935. The second kappa shape index (κ2) is 6.01. The number of benzene rings is 1. The van der Waals surface area contributed by atoms with E-state index in [-0.39, 0.29) is 28.7 Å². The van der Waals surface area contributed by atoms with Gasteiger partial charge in [-0.05, 0) is 39.0 Å². The van der Waals surface area contributed by atoms with Gasteiger partial charge in [-0.2, -0.15) is 13.2 Å². The lowest BCUT2D eigenvalue weighted by Gasteiger charge is -2.20. The maximum absolute atomic E-state index is 12.5. The number of rotatable bonds is 3. The first-order valence-corrected chi connectivity index (χ1v) is 6.28. The Morgan fingerprint density at radius 2 is 1.85 bits per heavy atom. The molecule has 0 unspecified atom stereocenters. The molecule has 1 rings (SSSR count). The Hall–Kier alpha value is -1.27. The molecule has 1 aromatic rings. The number of halogens is 4. The van der Waals surface area contributed by atoms with Crippen LogP contribution in [0.4, 0.5) is 18.9 Å². The molecule has 3 nitrogen and oxygen atoms in total. The minimum Gasteiger partial charge on any atom is -0.324 e. The van der Waals surface area contributed by atoms with Crippen molar-refractivity contribution in [3.05, 3.63) is 28.8 Å². The van der Waals surface area contributed by atoms with Crippen LogP contribution in [-0.2, 0) is 11.0 Å². The fourth-order valence-corrected chi connectivity index (χ4v) is 1.56. The van der Waals surface area contributed by atoms with E-state index in [0.29, 0.717) is 0 Å². The fourth-order valence-electron chi connectivity index (χ4n) is 1.33. The van der Waals surface area contributed by atoms with E-state index >= 15 is 0 Å². The molecule has 0 aliphatic heterocycles. The lowest BCUT2D eigenvalue weighted by Crippen LogP contribution is -2.41. The number of carbonyl (C=O) groups excluding carboxylic acids is 1. The first-order chi connectivity index (χ1) is 8.99. The number of hydrogen-bond acceptors (Lipinski definition) is 2. The van der Waals surface area contributed by atoms with E-state index in [1.54, 1.807) is 0 Å². The van der Waals surface area contributed by atoms with Crippen molar-refractivity contribution < 1.29 is 18.0 Å². The molecule has 1 amide bonds. The molecule has 0 radical (unpaired) electrons. The van der Waals surface area contributed by atoms with Crippen molar-refractivity contribution in [2.75, 3.05) is 11.9 Å². The molecular formula is C13H16ClF3N2O. The van der Waals surface area contributed by atoms with Gasteiger partial charge in [0.1, 0.15) is 0 Å². The average molecular weight is 309 g/mol. The number of nitrogens with one attached hydrogen (secondary N) is 2. The van der Waals surface area contributed by atoms with Crippen molar-refractivity contribution in [3.63, 3.8) is 0 Å². The molecule has 0 saturated heterocycles. The summed E-state index contributed by atoms with van der Waals surface area (Å²) >= 11 is 5.73. The van der Waals surface area contributed by atoms with Crippen LogP contribution in [0, 0.1) is 0 Å². The van der Waals surface area contributed by atoms with Gasteiger partial charge in [-0.1, -0.05) is 11.6 Å². The van der Waals surface area contributed by atoms with Crippen molar-refractivity contribution in [1.29, 1.82) is 0 Å². The van der Waals surface area contributed by atoms with E-state index in [1.807, 2.05) is 20.8 Å². The van der Waals surface area contributed by atoms with Gasteiger partial charge in [0.05, 0.1) is 22.8 Å². The van der Waals surface area contributed by atoms with E-state index in [0.717, 1.165) is 18.2 Å². The maximum atomic E-state index is 12.5. The molecule has 0 aliphatic carbocycles. The highest BCUT2D eigenvalue weighted by atomic mass is 35.5. The summed E-state index contributed by atoms with van der Waals surface area (Å²) < 4.78 is 37.4. The maximum Gasteiger partial charge on any atom is 0.416 e. The monoisotopic (exact) mass is 308 g/mol. The van der Waals surface area contributed by atoms with Gasteiger partial charge in [0.25, 0.3) is 0 Å². The van der Waals surface area contributed by atoms with Crippen LogP contribution in [0.2, 0.25) is 5.02 Å². The first kappa shape index (κ1) is 16.8. The minimum absolute atomic E-state index is 0.0425. The highest BCUT2D eigenvalue weighted by molar-refractivity contribution is 6.33. The number of hydrogen-bond donors (Lipinski definition) is 2. The first-order valence-electron chi connectivity index (χ1n) is 5.91. The van der Waals surface area contributed by atoms with Gasteiger partial charge in [0.2, 0.25) is 5.91 Å². The van der Waals surface area contributed by atoms with Crippen LogP contribution in [-0.4, -0.2) is 18.0 Å². The molecule has 7 heteroatoms. The molecule has 2 N–H and O–H groups in total. The molecule has 112 valence electrons. The van der Waals surface area contributed by atoms with Gasteiger partial charge in [0, 0.05) is 5.54 Å². The molecule has 0 fully saturated rings. The Balaban J connectivity index is 2.72. The largest absolute Gasteiger partial charge is 0.416 e. The normalized spacial score (nSPS) is 12.3. The van der Waals surface area contributed by atoms with Crippen molar-refractivity contribution in [1.82, 2.24) is 5.32 Å². The molecule has 0 spiro atoms. The number of alkyl halides is 3. The lowest BCUT2D eigenvalue weighted by atomic mass is 10.1. The molecule has 0 saturated carbocycles. The van der Waals surface area contributed by atoms with Gasteiger partial charge < -0.3 is 10.6 Å². The second-order valence-electron chi connectivity index (χ2n) is 5.34. The smallest absolute Gasteiger partial charge is 0.324 e. The summed E-state index contributed by atoms with van der Waals surface area (Å²) in [6.45, 7) is 5.73. The summed E-state index contributed by atoms with van der Waals surface area (Å²) in [5, 5.41) is 5.27. The fraction of sp³-hybridized carbons (Fsp3) is 0.462. The van der Waals surface area contributed by atoms with Crippen molar-refractivity contribution >= 4 is 23.2 Å². The molecule has 1 aromatic carbocycles. The highest BCUT2D eigenvalue weighted by Crippen LogP contribution is 2.33. The SMILES string of the molecule is CC(C)(C)NCC(=O)Nc1ccc(C(F)(F)F)cc1Cl. The van der Waals surface area contributed by atoms with Crippen molar-refractivity contribution in [3.8, 4) is 0 Å². The molecule has 20 heavy (non-hydrogen) atoms. The Morgan fingerprint density at radius 1 is 1.25 bits per heavy atom. The van der Waals surface area contributed by atoms with E-state index in [4.69, 9.17) is 11.6 Å². The summed E-state index contributed by atoms with van der Waals surface area (Å²) in [4.78, 5) is 11.6. The predicted octanol–water partition coefficient (Wildman–Crippen LogP) is 3.69. The van der Waals surface area contributed by atoms with Gasteiger partial charge >= 0.3 is 6.18 Å². The predicted molar refractivity (Wildman–Crippen MR) is 72.8 cm³/mol. The number of carbonyl (C=O) groups is 1. The van der Waals surface area contributed by atoms with E-state index < -0.39 is 11.7 Å². The van der Waals surface area contributed by atoms with Crippen LogP contribution in [0.3, 0.4) is 0 Å². The summed E-state index contributed by atoms with van der Waals surface area (Å²) in [7, 11) is 0. The highest BCUT2D eigenvalue weighted by Gasteiger charge is 2.31. The molecule has 0 bridgehead atoms. The van der Waals surface area contributed by atoms with Crippen LogP contribution < -0.4 is 10.6 Å². The van der Waals surface area contributed by atoms with Crippen LogP contribution in [0.5, 0.6) is 0 Å². The van der Waals surface area contributed by atoms with E-state index in [2.05, 4.69) is 10.6 Å². The summed E-state index contributed by atoms with van der Waals surface area (Å²) in [6, 6.07) is 2.80. The third-order valence-electron chi connectivity index (χ3n) is 2.35. The van der Waals surface area contributed by atoms with Crippen molar-refractivity contribution in [2.24, 2.45) is 0 Å². The standard InChI is InChI=1S/C13H16ClF3N2O/c1-12(2,3)18-7-11(20)19-10-5-4-8(6-9(10)14)13(15,16)17/h4-6,18H,7H2,1-3H3,(H,19,20). The third-order valence-corrected chi connectivity index (χ3v) is 2.66. The Bertz CT molecular complexity index is 495. The van der Waals surface area contributed by atoms with E-state index in [9.17, 15) is 18.0 Å². The van der Waals surface area contributed by atoms with Gasteiger partial charge in [0.15, 0.2) is 0 Å². The Morgan fingerprint density at radius 3 is 2.30 bits per heavy atom. The van der Waals surface area contributed by atoms with Crippen LogP contribution in [0.1, 0.15) is 26.3 Å². The summed E-state index contributed by atoms with van der Waals surface area (Å²) in [5.74, 6) is -0.374. The summed E-state index contributed by atoms with van der Waals surface area (Å²) in [6.07, 6.45) is -4.46. The molecule has 0 atom stereocenters. The average Bonchev–Trinajstić information content (AvgIpc) is 2.27. The topological polar surface area (TPSA) is 41.1 Å². The molecule has 0 aliphatic rings. The zero-order chi connectivity index (χ0) is 15.6. The Kier molecular flexibility index (Phi) is 5.05. The van der Waals surface area contributed by atoms with Crippen LogP contribution in [0.15, 0.2) is 18.2 Å². The quantitative estimate of drug-likeness (QED) is 0.894. The van der Waals surface area contributed by atoms with Gasteiger partial charge in [-0.15, -0.1) is 0 Å². The van der Waals surface area contributed by atoms with Gasteiger partial charge in [-0.25, -0.2) is 0 Å². The number of anilines is 1. The second-order valence-corrected chi connectivity index (χ2v) is 5.75. The molecule has 0 heterocycles. The van der Waals surface area contributed by atoms with Crippen LogP contribution in [0.25, 0.3) is 0 Å².